The number of aromatic nitrogens is 4. The molecule has 4 rings (SSSR count). The van der Waals surface area contributed by atoms with Crippen molar-refractivity contribution in [2.24, 2.45) is 14.1 Å². The maximum absolute atomic E-state index is 12.9. The number of rotatable bonds is 12. The highest BCUT2D eigenvalue weighted by atomic mass is 16.6. The fraction of sp³-hybridized carbons (Fsp3) is 0.333. The Balaban J connectivity index is 1.21. The third-order valence-electron chi connectivity index (χ3n) is 6.21. The Kier molecular flexibility index (Phi) is 8.52. The fourth-order valence-electron chi connectivity index (χ4n) is 4.11. The Morgan fingerprint density at radius 3 is 2.00 bits per heavy atom. The minimum Gasteiger partial charge on any atom is -0.461 e. The Morgan fingerprint density at radius 1 is 0.842 bits per heavy atom. The number of benzene rings is 2. The summed E-state index contributed by atoms with van der Waals surface area (Å²) in [5.74, 6) is -0.786. The van der Waals surface area contributed by atoms with Crippen LogP contribution in [0.1, 0.15) is 11.1 Å². The normalized spacial score (nSPS) is 11.7. The Labute approximate surface area is 218 Å². The molecule has 2 aromatic carbocycles. The number of carbonyl (C=O) groups is 1. The number of hydrogen-bond acceptors (Lipinski definition) is 8. The predicted octanol–water partition coefficient (Wildman–Crippen LogP) is 0.946. The molecule has 0 radical (unpaired) electrons. The molecule has 0 saturated heterocycles. The number of fused-ring (bicyclic) bond motifs is 1. The van der Waals surface area contributed by atoms with Gasteiger partial charge >= 0.3 is 11.7 Å². The van der Waals surface area contributed by atoms with Crippen molar-refractivity contribution in [1.29, 1.82) is 0 Å². The lowest BCUT2D eigenvalue weighted by Gasteiger charge is -2.27. The molecule has 2 heterocycles. The van der Waals surface area contributed by atoms with Crippen LogP contribution in [0.2, 0.25) is 0 Å². The van der Waals surface area contributed by atoms with Gasteiger partial charge in [0.25, 0.3) is 5.56 Å². The highest BCUT2D eigenvalue weighted by Crippen LogP contribution is 2.30. The van der Waals surface area contributed by atoms with E-state index < -0.39 is 22.8 Å². The maximum Gasteiger partial charge on any atom is 0.347 e. The minimum absolute atomic E-state index is 0.0378. The van der Waals surface area contributed by atoms with Crippen LogP contribution in [0.15, 0.2) is 76.6 Å². The van der Waals surface area contributed by atoms with Gasteiger partial charge in [0, 0.05) is 20.6 Å². The van der Waals surface area contributed by atoms with Crippen molar-refractivity contribution < 1.29 is 24.1 Å². The zero-order valence-corrected chi connectivity index (χ0v) is 21.3. The first-order valence-electron chi connectivity index (χ1n) is 12.1. The Morgan fingerprint density at radius 2 is 1.39 bits per heavy atom. The molecular weight excluding hydrogens is 492 g/mol. The maximum atomic E-state index is 12.9. The topological polar surface area (TPSA) is 127 Å². The van der Waals surface area contributed by atoms with E-state index in [1.54, 1.807) is 72.3 Å². The third-order valence-corrected chi connectivity index (χ3v) is 6.21. The van der Waals surface area contributed by atoms with Gasteiger partial charge in [-0.05, 0) is 11.1 Å². The SMILES string of the molecule is Cn1c(=O)c2c(ncn2CCOCCOCCOC(=O)C(O)(c2ccccc2)c2ccccc2)n(C)c1=O. The molecule has 0 aliphatic heterocycles. The Hall–Kier alpha value is -4.06. The van der Waals surface area contributed by atoms with E-state index in [9.17, 15) is 19.5 Å². The lowest BCUT2D eigenvalue weighted by molar-refractivity contribution is -0.163. The zero-order chi connectivity index (χ0) is 27.1. The third kappa shape index (κ3) is 5.44. The number of carbonyl (C=O) groups excluding carboxylic acids is 1. The number of ether oxygens (including phenoxy) is 3. The molecule has 0 unspecified atom stereocenters. The summed E-state index contributed by atoms with van der Waals surface area (Å²) in [6.45, 7) is 1.32. The molecule has 0 spiro atoms. The molecule has 200 valence electrons. The lowest BCUT2D eigenvalue weighted by atomic mass is 9.86. The van der Waals surface area contributed by atoms with Gasteiger partial charge in [-0.15, -0.1) is 0 Å². The van der Waals surface area contributed by atoms with E-state index in [0.717, 1.165) is 4.57 Å². The number of nitrogens with zero attached hydrogens (tertiary/aromatic N) is 4. The van der Waals surface area contributed by atoms with Gasteiger partial charge in [0.15, 0.2) is 11.2 Å². The number of esters is 1. The first-order chi connectivity index (χ1) is 18.4. The Bertz CT molecular complexity index is 1450. The molecule has 4 aromatic rings. The van der Waals surface area contributed by atoms with Gasteiger partial charge in [0.2, 0.25) is 5.60 Å². The van der Waals surface area contributed by atoms with Crippen LogP contribution in [0.4, 0.5) is 0 Å². The number of imidazole rings is 1. The van der Waals surface area contributed by atoms with Gasteiger partial charge in [0.05, 0.1) is 32.8 Å². The van der Waals surface area contributed by atoms with E-state index in [-0.39, 0.29) is 26.4 Å². The lowest BCUT2D eigenvalue weighted by Crippen LogP contribution is -2.39. The molecule has 0 atom stereocenters. The highest BCUT2D eigenvalue weighted by molar-refractivity contribution is 5.85. The number of aliphatic hydroxyl groups is 1. The van der Waals surface area contributed by atoms with Gasteiger partial charge in [-0.1, -0.05) is 60.7 Å². The molecular formula is C27H30N4O7. The van der Waals surface area contributed by atoms with Crippen molar-refractivity contribution in [3.8, 4) is 0 Å². The second-order valence-electron chi connectivity index (χ2n) is 8.62. The second-order valence-corrected chi connectivity index (χ2v) is 8.62. The summed E-state index contributed by atoms with van der Waals surface area (Å²) in [6, 6.07) is 17.3. The predicted molar refractivity (Wildman–Crippen MR) is 139 cm³/mol. The van der Waals surface area contributed by atoms with Crippen LogP contribution in [0.25, 0.3) is 11.2 Å². The first-order valence-corrected chi connectivity index (χ1v) is 12.1. The van der Waals surface area contributed by atoms with E-state index in [2.05, 4.69) is 4.98 Å². The summed E-state index contributed by atoms with van der Waals surface area (Å²) >= 11 is 0. The largest absolute Gasteiger partial charge is 0.461 e. The molecule has 1 N–H and O–H groups in total. The van der Waals surface area contributed by atoms with E-state index in [4.69, 9.17) is 14.2 Å². The van der Waals surface area contributed by atoms with E-state index >= 15 is 0 Å². The van der Waals surface area contributed by atoms with Crippen molar-refractivity contribution in [3.05, 3.63) is 99.0 Å². The number of hydrogen-bond donors (Lipinski definition) is 1. The van der Waals surface area contributed by atoms with Gasteiger partial charge in [-0.2, -0.15) is 0 Å². The molecule has 0 fully saturated rings. The first kappa shape index (κ1) is 27.0. The van der Waals surface area contributed by atoms with Crippen LogP contribution in [-0.2, 0) is 45.2 Å². The summed E-state index contributed by atoms with van der Waals surface area (Å²) in [7, 11) is 2.99. The monoisotopic (exact) mass is 522 g/mol. The molecule has 2 aromatic heterocycles. The number of aryl methyl sites for hydroxylation is 1. The van der Waals surface area contributed by atoms with Crippen LogP contribution in [0.5, 0.6) is 0 Å². The average Bonchev–Trinajstić information content (AvgIpc) is 3.38. The smallest absolute Gasteiger partial charge is 0.347 e. The summed E-state index contributed by atoms with van der Waals surface area (Å²) in [5.41, 5.74) is -1.30. The molecule has 0 bridgehead atoms. The summed E-state index contributed by atoms with van der Waals surface area (Å²) in [5, 5.41) is 11.3. The molecule has 0 saturated carbocycles. The minimum atomic E-state index is -1.93. The van der Waals surface area contributed by atoms with E-state index in [1.165, 1.54) is 17.9 Å². The molecule has 0 amide bonds. The van der Waals surface area contributed by atoms with E-state index in [0.29, 0.717) is 35.4 Å². The standard InChI is InChI=1S/C27H30N4O7/c1-29-23-22(24(32)30(2)26(29)34)31(19-28-23)13-14-36-15-16-37-17-18-38-25(33)27(35,20-9-5-3-6-10-20)21-11-7-4-8-12-21/h3-12,19,35H,13-18H2,1-2H3. The summed E-state index contributed by atoms with van der Waals surface area (Å²) in [6.07, 6.45) is 1.51. The molecule has 11 heteroatoms. The highest BCUT2D eigenvalue weighted by Gasteiger charge is 2.41. The van der Waals surface area contributed by atoms with Crippen LogP contribution in [-0.4, -0.2) is 62.8 Å². The van der Waals surface area contributed by atoms with Crippen LogP contribution in [0.3, 0.4) is 0 Å². The van der Waals surface area contributed by atoms with Crippen LogP contribution in [0, 0.1) is 0 Å². The van der Waals surface area contributed by atoms with Crippen molar-refractivity contribution >= 4 is 17.1 Å². The quantitative estimate of drug-likeness (QED) is 0.215. The van der Waals surface area contributed by atoms with Crippen molar-refractivity contribution in [3.63, 3.8) is 0 Å². The van der Waals surface area contributed by atoms with Crippen molar-refractivity contribution in [2.45, 2.75) is 12.1 Å². The van der Waals surface area contributed by atoms with Crippen LogP contribution >= 0.6 is 0 Å². The second kappa shape index (κ2) is 12.0. The summed E-state index contributed by atoms with van der Waals surface area (Å²) in [4.78, 5) is 41.6. The fourth-order valence-corrected chi connectivity index (χ4v) is 4.11. The molecule has 0 aliphatic carbocycles. The molecule has 38 heavy (non-hydrogen) atoms. The van der Waals surface area contributed by atoms with Crippen LogP contribution < -0.4 is 11.2 Å². The van der Waals surface area contributed by atoms with Gasteiger partial charge in [0.1, 0.15) is 6.61 Å². The average molecular weight is 523 g/mol. The van der Waals surface area contributed by atoms with Gasteiger partial charge in [-0.3, -0.25) is 13.9 Å². The van der Waals surface area contributed by atoms with Crippen molar-refractivity contribution in [2.75, 3.05) is 33.0 Å². The van der Waals surface area contributed by atoms with E-state index in [1.807, 2.05) is 0 Å². The molecule has 0 aliphatic rings. The summed E-state index contributed by atoms with van der Waals surface area (Å²) < 4.78 is 20.4. The zero-order valence-electron chi connectivity index (χ0n) is 21.3. The van der Waals surface area contributed by atoms with Crippen molar-refractivity contribution in [1.82, 2.24) is 18.7 Å². The van der Waals surface area contributed by atoms with Gasteiger partial charge < -0.3 is 23.9 Å². The van der Waals surface area contributed by atoms with Gasteiger partial charge in [-0.25, -0.2) is 14.6 Å². The molecule has 11 nitrogen and oxygen atoms in total.